The lowest BCUT2D eigenvalue weighted by Gasteiger charge is -2.23. The van der Waals surface area contributed by atoms with Gasteiger partial charge in [0.15, 0.2) is 0 Å². The van der Waals surface area contributed by atoms with E-state index in [2.05, 4.69) is 20.7 Å². The van der Waals surface area contributed by atoms with Crippen LogP contribution in [-0.4, -0.2) is 42.4 Å². The molecule has 1 atom stereocenters. The van der Waals surface area contributed by atoms with Gasteiger partial charge in [-0.3, -0.25) is 5.43 Å². The molecule has 0 amide bonds. The monoisotopic (exact) mass is 275 g/mol. The molecule has 1 aromatic carbocycles. The molecule has 1 aliphatic heterocycles. The van der Waals surface area contributed by atoms with Crippen LogP contribution in [0, 0.1) is 0 Å². The fraction of sp³-hybridized carbons (Fsp3) is 0.385. The van der Waals surface area contributed by atoms with E-state index in [1.54, 1.807) is 0 Å². The van der Waals surface area contributed by atoms with Gasteiger partial charge in [-0.25, -0.2) is 10.8 Å². The molecule has 1 saturated heterocycles. The zero-order chi connectivity index (χ0) is 13.8. The number of hydrogen-bond donors (Lipinski definition) is 3. The number of benzene rings is 1. The minimum Gasteiger partial charge on any atom is -0.376 e. The van der Waals surface area contributed by atoms with Gasteiger partial charge in [-0.15, -0.1) is 0 Å². The van der Waals surface area contributed by atoms with E-state index >= 15 is 0 Å². The van der Waals surface area contributed by atoms with Crippen molar-refractivity contribution >= 4 is 22.7 Å². The maximum absolute atomic E-state index is 5.60. The first-order chi connectivity index (χ1) is 9.86. The SMILES string of the molecule is NNc1nc(NCC2COCCO2)c2ccccc2n1. The van der Waals surface area contributed by atoms with Crippen molar-refractivity contribution in [3.05, 3.63) is 24.3 Å². The molecule has 20 heavy (non-hydrogen) atoms. The van der Waals surface area contributed by atoms with Gasteiger partial charge in [0.25, 0.3) is 0 Å². The molecule has 0 aliphatic carbocycles. The van der Waals surface area contributed by atoms with E-state index in [0.717, 1.165) is 16.7 Å². The Hall–Kier alpha value is -1.96. The predicted octanol–water partition coefficient (Wildman–Crippen LogP) is 0.743. The molecule has 1 aliphatic rings. The Morgan fingerprint density at radius 1 is 1.25 bits per heavy atom. The normalized spacial score (nSPS) is 18.9. The summed E-state index contributed by atoms with van der Waals surface area (Å²) in [6, 6.07) is 7.77. The summed E-state index contributed by atoms with van der Waals surface area (Å²) in [5.41, 5.74) is 3.31. The first-order valence-corrected chi connectivity index (χ1v) is 6.53. The number of aromatic nitrogens is 2. The van der Waals surface area contributed by atoms with Crippen molar-refractivity contribution in [2.45, 2.75) is 6.10 Å². The van der Waals surface area contributed by atoms with E-state index < -0.39 is 0 Å². The van der Waals surface area contributed by atoms with Crippen molar-refractivity contribution in [3.8, 4) is 0 Å². The number of nitrogens with two attached hydrogens (primary N) is 1. The molecular weight excluding hydrogens is 258 g/mol. The van der Waals surface area contributed by atoms with Gasteiger partial charge in [0, 0.05) is 11.9 Å². The molecule has 0 bridgehead atoms. The summed E-state index contributed by atoms with van der Waals surface area (Å²) >= 11 is 0. The Morgan fingerprint density at radius 2 is 2.15 bits per heavy atom. The number of fused-ring (bicyclic) bond motifs is 1. The van der Waals surface area contributed by atoms with E-state index in [9.17, 15) is 0 Å². The third-order valence-corrected chi connectivity index (χ3v) is 3.11. The lowest BCUT2D eigenvalue weighted by molar-refractivity contribution is -0.0819. The van der Waals surface area contributed by atoms with E-state index in [1.165, 1.54) is 0 Å². The smallest absolute Gasteiger partial charge is 0.239 e. The van der Waals surface area contributed by atoms with Crippen LogP contribution >= 0.6 is 0 Å². The maximum Gasteiger partial charge on any atom is 0.239 e. The summed E-state index contributed by atoms with van der Waals surface area (Å²) in [4.78, 5) is 8.66. The summed E-state index contributed by atoms with van der Waals surface area (Å²) in [5.74, 6) is 6.52. The van der Waals surface area contributed by atoms with Crippen LogP contribution in [0.5, 0.6) is 0 Å². The number of hydrogen-bond acceptors (Lipinski definition) is 7. The van der Waals surface area contributed by atoms with Gasteiger partial charge in [-0.1, -0.05) is 12.1 Å². The van der Waals surface area contributed by atoms with Gasteiger partial charge < -0.3 is 14.8 Å². The molecule has 0 saturated carbocycles. The Balaban J connectivity index is 1.81. The van der Waals surface area contributed by atoms with Gasteiger partial charge in [0.1, 0.15) is 5.82 Å². The third kappa shape index (κ3) is 2.79. The summed E-state index contributed by atoms with van der Waals surface area (Å²) in [6.45, 7) is 2.52. The van der Waals surface area contributed by atoms with E-state index in [1.807, 2.05) is 24.3 Å². The molecule has 1 fully saturated rings. The molecular formula is C13H17N5O2. The average Bonchev–Trinajstić information content (AvgIpc) is 2.53. The van der Waals surface area contributed by atoms with Crippen LogP contribution in [0.25, 0.3) is 10.9 Å². The third-order valence-electron chi connectivity index (χ3n) is 3.11. The molecule has 7 nitrogen and oxygen atoms in total. The van der Waals surface area contributed by atoms with Gasteiger partial charge in [-0.05, 0) is 12.1 Å². The summed E-state index contributed by atoms with van der Waals surface area (Å²) in [6.07, 6.45) is 0.0340. The molecule has 4 N–H and O–H groups in total. The first-order valence-electron chi connectivity index (χ1n) is 6.53. The standard InChI is InChI=1S/C13H17N5O2/c14-18-13-16-11-4-2-1-3-10(11)12(17-13)15-7-9-8-19-5-6-20-9/h1-4,9H,5-8,14H2,(H2,15,16,17,18). The fourth-order valence-corrected chi connectivity index (χ4v) is 2.14. The van der Waals surface area contributed by atoms with E-state index in [0.29, 0.717) is 32.3 Å². The van der Waals surface area contributed by atoms with Crippen molar-refractivity contribution in [1.29, 1.82) is 0 Å². The highest BCUT2D eigenvalue weighted by Gasteiger charge is 2.15. The van der Waals surface area contributed by atoms with Crippen LogP contribution in [0.4, 0.5) is 11.8 Å². The molecule has 0 spiro atoms. The van der Waals surface area contributed by atoms with Crippen LogP contribution < -0.4 is 16.6 Å². The first kappa shape index (κ1) is 13.0. The van der Waals surface area contributed by atoms with Gasteiger partial charge in [0.2, 0.25) is 5.95 Å². The zero-order valence-corrected chi connectivity index (χ0v) is 11.0. The number of anilines is 2. The number of rotatable bonds is 4. The van der Waals surface area contributed by atoms with Gasteiger partial charge in [-0.2, -0.15) is 4.98 Å². The average molecular weight is 275 g/mol. The number of nitrogen functional groups attached to an aromatic ring is 1. The number of para-hydroxylation sites is 1. The number of nitrogens with zero attached hydrogens (tertiary/aromatic N) is 2. The minimum absolute atomic E-state index is 0.0340. The Kier molecular flexibility index (Phi) is 3.91. The summed E-state index contributed by atoms with van der Waals surface area (Å²) < 4.78 is 11.0. The summed E-state index contributed by atoms with van der Waals surface area (Å²) in [7, 11) is 0. The van der Waals surface area contributed by atoms with Crippen molar-refractivity contribution in [1.82, 2.24) is 9.97 Å². The minimum atomic E-state index is 0.0340. The molecule has 0 radical (unpaired) electrons. The molecule has 2 aromatic rings. The topological polar surface area (TPSA) is 94.3 Å². The quantitative estimate of drug-likeness (QED) is 0.559. The number of nitrogens with one attached hydrogen (secondary N) is 2. The lowest BCUT2D eigenvalue weighted by Crippen LogP contribution is -2.34. The van der Waals surface area contributed by atoms with Crippen molar-refractivity contribution < 1.29 is 9.47 Å². The van der Waals surface area contributed by atoms with Crippen molar-refractivity contribution in [3.63, 3.8) is 0 Å². The molecule has 3 rings (SSSR count). The van der Waals surface area contributed by atoms with Crippen LogP contribution in [0.3, 0.4) is 0 Å². The zero-order valence-electron chi connectivity index (χ0n) is 11.0. The van der Waals surface area contributed by atoms with Crippen LogP contribution in [-0.2, 0) is 9.47 Å². The summed E-state index contributed by atoms with van der Waals surface area (Å²) in [5, 5.41) is 4.23. The number of hydrazine groups is 1. The van der Waals surface area contributed by atoms with Gasteiger partial charge in [0.05, 0.1) is 31.4 Å². The van der Waals surface area contributed by atoms with E-state index in [4.69, 9.17) is 15.3 Å². The molecule has 2 heterocycles. The van der Waals surface area contributed by atoms with E-state index in [-0.39, 0.29) is 6.10 Å². The van der Waals surface area contributed by atoms with Crippen molar-refractivity contribution in [2.75, 3.05) is 37.1 Å². The fourth-order valence-electron chi connectivity index (χ4n) is 2.14. The molecule has 106 valence electrons. The second-order valence-corrected chi connectivity index (χ2v) is 4.51. The van der Waals surface area contributed by atoms with Gasteiger partial charge >= 0.3 is 0 Å². The predicted molar refractivity (Wildman–Crippen MR) is 76.4 cm³/mol. The Bertz CT molecular complexity index is 586. The second-order valence-electron chi connectivity index (χ2n) is 4.51. The Morgan fingerprint density at radius 3 is 2.95 bits per heavy atom. The maximum atomic E-state index is 5.60. The highest BCUT2D eigenvalue weighted by atomic mass is 16.6. The number of ether oxygens (including phenoxy) is 2. The van der Waals surface area contributed by atoms with Crippen LogP contribution in [0.15, 0.2) is 24.3 Å². The lowest BCUT2D eigenvalue weighted by atomic mass is 10.2. The second kappa shape index (κ2) is 6.00. The highest BCUT2D eigenvalue weighted by molar-refractivity contribution is 5.89. The molecule has 7 heteroatoms. The van der Waals surface area contributed by atoms with Crippen LogP contribution in [0.2, 0.25) is 0 Å². The highest BCUT2D eigenvalue weighted by Crippen LogP contribution is 2.21. The van der Waals surface area contributed by atoms with Crippen LogP contribution in [0.1, 0.15) is 0 Å². The Labute approximate surface area is 116 Å². The van der Waals surface area contributed by atoms with Crippen molar-refractivity contribution in [2.24, 2.45) is 5.84 Å². The molecule has 1 aromatic heterocycles. The molecule has 1 unspecified atom stereocenters. The largest absolute Gasteiger partial charge is 0.376 e.